The minimum absolute atomic E-state index is 0.0213. The van der Waals surface area contributed by atoms with Crippen LogP contribution < -0.4 is 15.4 Å². The third-order valence-electron chi connectivity index (χ3n) is 6.09. The van der Waals surface area contributed by atoms with Crippen molar-refractivity contribution in [1.82, 2.24) is 15.5 Å². The maximum Gasteiger partial charge on any atom is 0.315 e. The van der Waals surface area contributed by atoms with E-state index in [4.69, 9.17) is 9.15 Å². The topological polar surface area (TPSA) is 83.8 Å². The molecule has 2 heterocycles. The number of likely N-dealkylation sites (tertiary alicyclic amines) is 1. The van der Waals surface area contributed by atoms with Gasteiger partial charge in [0, 0.05) is 25.7 Å². The van der Waals surface area contributed by atoms with Gasteiger partial charge in [-0.25, -0.2) is 4.79 Å². The largest absolute Gasteiger partial charge is 0.490 e. The number of furan rings is 1. The van der Waals surface area contributed by atoms with Gasteiger partial charge in [0.05, 0.1) is 17.9 Å². The Balaban J connectivity index is 1.18. The van der Waals surface area contributed by atoms with Crippen molar-refractivity contribution in [3.8, 4) is 5.75 Å². The lowest BCUT2D eigenvalue weighted by Gasteiger charge is -2.32. The number of carbonyl (C=O) groups excluding carboxylic acids is 2. The van der Waals surface area contributed by atoms with Crippen molar-refractivity contribution in [2.24, 2.45) is 0 Å². The summed E-state index contributed by atoms with van der Waals surface area (Å²) < 4.78 is 11.1. The Hall–Kier alpha value is -2.96. The molecule has 1 aromatic heterocycles. The zero-order chi connectivity index (χ0) is 21.5. The summed E-state index contributed by atoms with van der Waals surface area (Å²) in [6, 6.07) is 9.52. The highest BCUT2D eigenvalue weighted by Crippen LogP contribution is 2.24. The molecule has 1 saturated heterocycles. The van der Waals surface area contributed by atoms with Crippen LogP contribution in [0.15, 0.2) is 47.3 Å². The Morgan fingerprint density at radius 3 is 2.61 bits per heavy atom. The molecular weight excluding hydrogens is 394 g/mol. The fourth-order valence-corrected chi connectivity index (χ4v) is 4.32. The minimum atomic E-state index is -0.182. The van der Waals surface area contributed by atoms with Crippen LogP contribution in [0.5, 0.6) is 5.75 Å². The first kappa shape index (κ1) is 21.3. The second-order valence-electron chi connectivity index (χ2n) is 8.43. The van der Waals surface area contributed by atoms with Crippen LogP contribution in [0.2, 0.25) is 0 Å². The third kappa shape index (κ3) is 6.03. The van der Waals surface area contributed by atoms with Crippen LogP contribution in [0, 0.1) is 0 Å². The number of nitrogens with zero attached hydrogens (tertiary/aromatic N) is 1. The zero-order valence-electron chi connectivity index (χ0n) is 17.8. The van der Waals surface area contributed by atoms with E-state index in [1.54, 1.807) is 11.0 Å². The normalized spacial score (nSPS) is 17.9. The van der Waals surface area contributed by atoms with Crippen LogP contribution in [0.1, 0.15) is 60.9 Å². The summed E-state index contributed by atoms with van der Waals surface area (Å²) in [7, 11) is 0. The van der Waals surface area contributed by atoms with Gasteiger partial charge in [-0.3, -0.25) is 4.79 Å². The summed E-state index contributed by atoms with van der Waals surface area (Å²) >= 11 is 0. The van der Waals surface area contributed by atoms with Crippen LogP contribution in [-0.2, 0) is 6.54 Å². The lowest BCUT2D eigenvalue weighted by molar-refractivity contribution is 0.0707. The summed E-state index contributed by atoms with van der Waals surface area (Å²) in [5.74, 6) is 0.855. The molecular formula is C24H31N3O4. The van der Waals surface area contributed by atoms with Crippen LogP contribution in [0.4, 0.5) is 4.79 Å². The average Bonchev–Trinajstić information content (AvgIpc) is 3.34. The van der Waals surface area contributed by atoms with E-state index >= 15 is 0 Å². The lowest BCUT2D eigenvalue weighted by atomic mass is 9.98. The number of rotatable bonds is 6. The van der Waals surface area contributed by atoms with Crippen molar-refractivity contribution in [2.75, 3.05) is 13.1 Å². The van der Waals surface area contributed by atoms with E-state index < -0.39 is 0 Å². The minimum Gasteiger partial charge on any atom is -0.490 e. The Morgan fingerprint density at radius 1 is 1.06 bits per heavy atom. The van der Waals surface area contributed by atoms with E-state index in [2.05, 4.69) is 10.6 Å². The summed E-state index contributed by atoms with van der Waals surface area (Å²) in [5.41, 5.74) is 1.59. The van der Waals surface area contributed by atoms with Crippen molar-refractivity contribution < 1.29 is 18.7 Å². The highest BCUT2D eigenvalue weighted by Gasteiger charge is 2.25. The molecule has 0 bridgehead atoms. The van der Waals surface area contributed by atoms with E-state index in [0.717, 1.165) is 37.0 Å². The zero-order valence-corrected chi connectivity index (χ0v) is 17.8. The number of urea groups is 1. The predicted molar refractivity (Wildman–Crippen MR) is 117 cm³/mol. The Labute approximate surface area is 183 Å². The Bertz CT molecular complexity index is 853. The molecule has 2 aromatic rings. The fraction of sp³-hybridized carbons (Fsp3) is 0.500. The number of piperidine rings is 1. The lowest BCUT2D eigenvalue weighted by Crippen LogP contribution is -2.49. The van der Waals surface area contributed by atoms with E-state index in [1.807, 2.05) is 24.3 Å². The van der Waals surface area contributed by atoms with E-state index in [1.165, 1.54) is 31.8 Å². The van der Waals surface area contributed by atoms with Crippen LogP contribution in [-0.4, -0.2) is 42.1 Å². The molecule has 0 radical (unpaired) electrons. The van der Waals surface area contributed by atoms with Gasteiger partial charge in [0.1, 0.15) is 12.0 Å². The molecule has 0 unspecified atom stereocenters. The molecule has 7 nitrogen and oxygen atoms in total. The number of carbonyl (C=O) groups is 2. The van der Waals surface area contributed by atoms with Crippen LogP contribution >= 0.6 is 0 Å². The number of hydrogen-bond acceptors (Lipinski definition) is 4. The second-order valence-corrected chi connectivity index (χ2v) is 8.43. The monoisotopic (exact) mass is 425 g/mol. The molecule has 3 amide bonds. The van der Waals surface area contributed by atoms with Gasteiger partial charge < -0.3 is 24.7 Å². The smallest absolute Gasteiger partial charge is 0.315 e. The number of nitrogens with one attached hydrogen (secondary N) is 2. The van der Waals surface area contributed by atoms with Gasteiger partial charge >= 0.3 is 6.03 Å². The maximum atomic E-state index is 12.4. The predicted octanol–water partition coefficient (Wildman–Crippen LogP) is 4.10. The standard InChI is InChI=1S/C24H31N3O4/c28-23(19-11-14-30-17-19)27-12-9-20(10-13-27)26-24(29)25-16-18-5-4-8-22(15-18)31-21-6-2-1-3-7-21/h4-5,8,11,14-15,17,20-21H,1-3,6-7,9-10,12-13,16H2,(H2,25,26,29). The third-order valence-corrected chi connectivity index (χ3v) is 6.09. The first-order valence-electron chi connectivity index (χ1n) is 11.3. The number of benzene rings is 1. The van der Waals surface area contributed by atoms with Crippen LogP contribution in [0.3, 0.4) is 0 Å². The Morgan fingerprint density at radius 2 is 1.87 bits per heavy atom. The van der Waals surface area contributed by atoms with Crippen molar-refractivity contribution >= 4 is 11.9 Å². The summed E-state index contributed by atoms with van der Waals surface area (Å²) in [6.07, 6.45) is 10.8. The fourth-order valence-electron chi connectivity index (χ4n) is 4.32. The van der Waals surface area contributed by atoms with Crippen molar-refractivity contribution in [1.29, 1.82) is 0 Å². The van der Waals surface area contributed by atoms with Crippen LogP contribution in [0.25, 0.3) is 0 Å². The number of ether oxygens (including phenoxy) is 1. The van der Waals surface area contributed by atoms with Gasteiger partial charge in [-0.2, -0.15) is 0 Å². The van der Waals surface area contributed by atoms with Crippen molar-refractivity contribution in [3.63, 3.8) is 0 Å². The van der Waals surface area contributed by atoms with E-state index in [0.29, 0.717) is 31.3 Å². The van der Waals surface area contributed by atoms with Gasteiger partial charge in [-0.1, -0.05) is 18.6 Å². The molecule has 0 atom stereocenters. The molecule has 166 valence electrons. The molecule has 1 aromatic carbocycles. The molecule has 2 aliphatic rings. The molecule has 1 aliphatic carbocycles. The molecule has 1 saturated carbocycles. The second kappa shape index (κ2) is 10.4. The summed E-state index contributed by atoms with van der Waals surface area (Å²) in [5, 5.41) is 5.96. The highest BCUT2D eigenvalue weighted by molar-refractivity contribution is 5.93. The van der Waals surface area contributed by atoms with Crippen molar-refractivity contribution in [2.45, 2.75) is 63.6 Å². The number of amides is 3. The van der Waals surface area contributed by atoms with E-state index in [-0.39, 0.29) is 18.0 Å². The first-order chi connectivity index (χ1) is 15.2. The molecule has 2 N–H and O–H groups in total. The summed E-state index contributed by atoms with van der Waals surface area (Å²) in [6.45, 7) is 1.69. The summed E-state index contributed by atoms with van der Waals surface area (Å²) in [4.78, 5) is 26.5. The molecule has 1 aliphatic heterocycles. The molecule has 2 fully saturated rings. The van der Waals surface area contributed by atoms with Crippen molar-refractivity contribution in [3.05, 3.63) is 54.0 Å². The molecule has 0 spiro atoms. The van der Waals surface area contributed by atoms with E-state index in [9.17, 15) is 9.59 Å². The van der Waals surface area contributed by atoms with Gasteiger partial charge in [-0.05, 0) is 62.3 Å². The number of hydrogen-bond donors (Lipinski definition) is 2. The van der Waals surface area contributed by atoms with Gasteiger partial charge in [0.15, 0.2) is 0 Å². The molecule has 7 heteroatoms. The average molecular weight is 426 g/mol. The SMILES string of the molecule is O=C(NCc1cccc(OC2CCCCC2)c1)NC1CCN(C(=O)c2ccoc2)CC1. The van der Waals surface area contributed by atoms with Gasteiger partial charge in [0.2, 0.25) is 0 Å². The maximum absolute atomic E-state index is 12.4. The van der Waals surface area contributed by atoms with Gasteiger partial charge in [0.25, 0.3) is 5.91 Å². The van der Waals surface area contributed by atoms with Gasteiger partial charge in [-0.15, -0.1) is 0 Å². The highest BCUT2D eigenvalue weighted by atomic mass is 16.5. The Kier molecular flexibility index (Phi) is 7.12. The quantitative estimate of drug-likeness (QED) is 0.730. The molecule has 31 heavy (non-hydrogen) atoms. The first-order valence-corrected chi connectivity index (χ1v) is 11.3. The molecule has 4 rings (SSSR count).